The zero-order valence-corrected chi connectivity index (χ0v) is 11.2. The van der Waals surface area contributed by atoms with Crippen molar-refractivity contribution in [2.24, 2.45) is 0 Å². The van der Waals surface area contributed by atoms with Crippen LogP contribution in [0.2, 0.25) is 0 Å². The van der Waals surface area contributed by atoms with Crippen LogP contribution in [0.1, 0.15) is 5.56 Å². The van der Waals surface area contributed by atoms with Crippen molar-refractivity contribution in [2.75, 3.05) is 30.5 Å². The largest absolute Gasteiger partial charge is 0.358 e. The summed E-state index contributed by atoms with van der Waals surface area (Å²) in [7, 11) is 2.07. The van der Waals surface area contributed by atoms with Gasteiger partial charge in [0, 0.05) is 25.5 Å². The van der Waals surface area contributed by atoms with E-state index in [0.717, 1.165) is 22.6 Å². The number of nitrogens with zero attached hydrogens (tertiary/aromatic N) is 2. The fraction of sp³-hybridized carbons (Fsp3) is 0.500. The number of aromatic nitrogens is 1. The minimum absolute atomic E-state index is 1.02. The van der Waals surface area contributed by atoms with Crippen molar-refractivity contribution < 1.29 is 0 Å². The van der Waals surface area contributed by atoms with Gasteiger partial charge < -0.3 is 4.90 Å². The Bertz CT molecular complexity index is 304. The SMILES string of the molecule is CSCCN(C)c1nccc(C)c1Br. The maximum atomic E-state index is 4.36. The van der Waals surface area contributed by atoms with Crippen LogP contribution in [0.4, 0.5) is 5.82 Å². The highest BCUT2D eigenvalue weighted by Gasteiger charge is 2.07. The molecule has 0 aliphatic carbocycles. The highest BCUT2D eigenvalue weighted by Crippen LogP contribution is 2.25. The van der Waals surface area contributed by atoms with Crippen LogP contribution >= 0.6 is 27.7 Å². The lowest BCUT2D eigenvalue weighted by atomic mass is 10.3. The van der Waals surface area contributed by atoms with E-state index in [2.05, 4.69) is 46.0 Å². The first-order valence-electron chi connectivity index (χ1n) is 4.48. The molecule has 0 bridgehead atoms. The third-order valence-corrected chi connectivity index (χ3v) is 3.63. The molecule has 4 heteroatoms. The molecular formula is C10H15BrN2S. The van der Waals surface area contributed by atoms with E-state index in [1.165, 1.54) is 5.56 Å². The number of halogens is 1. The lowest BCUT2D eigenvalue weighted by molar-refractivity contribution is 0.939. The predicted octanol–water partition coefficient (Wildman–Crippen LogP) is 2.95. The van der Waals surface area contributed by atoms with Gasteiger partial charge in [0.05, 0.1) is 4.47 Å². The second-order valence-corrected chi connectivity index (χ2v) is 4.96. The molecule has 0 fully saturated rings. The van der Waals surface area contributed by atoms with Crippen molar-refractivity contribution in [3.63, 3.8) is 0 Å². The quantitative estimate of drug-likeness (QED) is 0.840. The van der Waals surface area contributed by atoms with Gasteiger partial charge in [0.1, 0.15) is 5.82 Å². The molecule has 1 heterocycles. The van der Waals surface area contributed by atoms with Crippen LogP contribution in [0.3, 0.4) is 0 Å². The van der Waals surface area contributed by atoms with E-state index < -0.39 is 0 Å². The van der Waals surface area contributed by atoms with Crippen molar-refractivity contribution in [3.05, 3.63) is 22.3 Å². The van der Waals surface area contributed by atoms with E-state index in [9.17, 15) is 0 Å². The number of aryl methyl sites for hydroxylation is 1. The Balaban J connectivity index is 2.79. The van der Waals surface area contributed by atoms with E-state index >= 15 is 0 Å². The van der Waals surface area contributed by atoms with Crippen LogP contribution in [-0.2, 0) is 0 Å². The Morgan fingerprint density at radius 2 is 2.29 bits per heavy atom. The normalized spacial score (nSPS) is 10.3. The molecule has 14 heavy (non-hydrogen) atoms. The number of anilines is 1. The fourth-order valence-electron chi connectivity index (χ4n) is 1.13. The Labute approximate surface area is 98.2 Å². The monoisotopic (exact) mass is 274 g/mol. The van der Waals surface area contributed by atoms with E-state index in [1.807, 2.05) is 24.0 Å². The zero-order chi connectivity index (χ0) is 10.6. The number of rotatable bonds is 4. The molecule has 0 saturated carbocycles. The summed E-state index contributed by atoms with van der Waals surface area (Å²) in [6.07, 6.45) is 3.97. The molecule has 0 amide bonds. The van der Waals surface area contributed by atoms with Gasteiger partial charge in [-0.15, -0.1) is 0 Å². The van der Waals surface area contributed by atoms with Crippen LogP contribution in [0.25, 0.3) is 0 Å². The third kappa shape index (κ3) is 2.89. The lowest BCUT2D eigenvalue weighted by Gasteiger charge is -2.19. The molecule has 0 aliphatic rings. The van der Waals surface area contributed by atoms with Gasteiger partial charge in [0.25, 0.3) is 0 Å². The summed E-state index contributed by atoms with van der Waals surface area (Å²) < 4.78 is 1.10. The van der Waals surface area contributed by atoms with Gasteiger partial charge in [0.15, 0.2) is 0 Å². The van der Waals surface area contributed by atoms with Gasteiger partial charge in [-0.3, -0.25) is 0 Å². The van der Waals surface area contributed by atoms with Crippen molar-refractivity contribution in [2.45, 2.75) is 6.92 Å². The summed E-state index contributed by atoms with van der Waals surface area (Å²) in [6, 6.07) is 2.01. The summed E-state index contributed by atoms with van der Waals surface area (Å²) in [6.45, 7) is 3.11. The molecule has 0 aliphatic heterocycles. The highest BCUT2D eigenvalue weighted by molar-refractivity contribution is 9.10. The minimum atomic E-state index is 1.02. The highest BCUT2D eigenvalue weighted by atomic mass is 79.9. The smallest absolute Gasteiger partial charge is 0.142 e. The standard InChI is InChI=1S/C10H15BrN2S/c1-8-4-5-12-10(9(8)11)13(2)6-7-14-3/h4-5H,6-7H2,1-3H3. The topological polar surface area (TPSA) is 16.1 Å². The van der Waals surface area contributed by atoms with Crippen molar-refractivity contribution >= 4 is 33.5 Å². The van der Waals surface area contributed by atoms with Crippen molar-refractivity contribution in [1.82, 2.24) is 4.98 Å². The second-order valence-electron chi connectivity index (χ2n) is 3.18. The zero-order valence-electron chi connectivity index (χ0n) is 8.75. The summed E-state index contributed by atoms with van der Waals surface area (Å²) >= 11 is 5.41. The molecule has 0 N–H and O–H groups in total. The molecule has 78 valence electrons. The molecule has 0 radical (unpaired) electrons. The first kappa shape index (κ1) is 11.9. The molecule has 1 rings (SSSR count). The average molecular weight is 275 g/mol. The van der Waals surface area contributed by atoms with Crippen LogP contribution in [0.5, 0.6) is 0 Å². The van der Waals surface area contributed by atoms with Crippen LogP contribution < -0.4 is 4.90 Å². The summed E-state index contributed by atoms with van der Waals surface area (Å²) in [5.74, 6) is 2.15. The number of hydrogen-bond acceptors (Lipinski definition) is 3. The molecule has 2 nitrogen and oxygen atoms in total. The number of pyridine rings is 1. The maximum absolute atomic E-state index is 4.36. The fourth-order valence-corrected chi connectivity index (χ4v) is 2.12. The summed E-state index contributed by atoms with van der Waals surface area (Å²) in [5, 5.41) is 0. The van der Waals surface area contributed by atoms with Gasteiger partial charge in [-0.1, -0.05) is 0 Å². The molecule has 1 aromatic heterocycles. The van der Waals surface area contributed by atoms with Gasteiger partial charge in [-0.25, -0.2) is 4.98 Å². The second kappa shape index (κ2) is 5.61. The third-order valence-electron chi connectivity index (χ3n) is 2.06. The van der Waals surface area contributed by atoms with Gasteiger partial charge >= 0.3 is 0 Å². The molecule has 0 spiro atoms. The Morgan fingerprint density at radius 1 is 1.57 bits per heavy atom. The van der Waals surface area contributed by atoms with E-state index in [1.54, 1.807) is 0 Å². The van der Waals surface area contributed by atoms with Crippen LogP contribution in [-0.4, -0.2) is 30.6 Å². The minimum Gasteiger partial charge on any atom is -0.358 e. The number of hydrogen-bond donors (Lipinski definition) is 0. The van der Waals surface area contributed by atoms with Gasteiger partial charge in [0.2, 0.25) is 0 Å². The molecule has 0 atom stereocenters. The number of thioether (sulfide) groups is 1. The summed E-state index contributed by atoms with van der Waals surface area (Å²) in [4.78, 5) is 6.54. The average Bonchev–Trinajstić information content (AvgIpc) is 2.18. The Kier molecular flexibility index (Phi) is 4.75. The molecule has 0 saturated heterocycles. The van der Waals surface area contributed by atoms with E-state index in [0.29, 0.717) is 0 Å². The molecule has 0 unspecified atom stereocenters. The van der Waals surface area contributed by atoms with E-state index in [-0.39, 0.29) is 0 Å². The molecule has 0 aromatic carbocycles. The maximum Gasteiger partial charge on any atom is 0.142 e. The van der Waals surface area contributed by atoms with Gasteiger partial charge in [-0.05, 0) is 40.7 Å². The lowest BCUT2D eigenvalue weighted by Crippen LogP contribution is -2.21. The first-order chi connectivity index (χ1) is 6.66. The Hall–Kier alpha value is -0.220. The van der Waals surface area contributed by atoms with Crippen LogP contribution in [0.15, 0.2) is 16.7 Å². The van der Waals surface area contributed by atoms with E-state index in [4.69, 9.17) is 0 Å². The molecule has 1 aromatic rings. The van der Waals surface area contributed by atoms with Crippen molar-refractivity contribution in [1.29, 1.82) is 0 Å². The van der Waals surface area contributed by atoms with Gasteiger partial charge in [-0.2, -0.15) is 11.8 Å². The molecular weight excluding hydrogens is 260 g/mol. The first-order valence-corrected chi connectivity index (χ1v) is 6.66. The Morgan fingerprint density at radius 3 is 2.93 bits per heavy atom. The predicted molar refractivity (Wildman–Crippen MR) is 68.3 cm³/mol. The van der Waals surface area contributed by atoms with Crippen LogP contribution in [0, 0.1) is 6.92 Å². The van der Waals surface area contributed by atoms with Crippen molar-refractivity contribution in [3.8, 4) is 0 Å². The summed E-state index contributed by atoms with van der Waals surface area (Å²) in [5.41, 5.74) is 1.23.